The Morgan fingerprint density at radius 2 is 2.11 bits per heavy atom. The molecule has 0 atom stereocenters. The van der Waals surface area contributed by atoms with E-state index in [0.29, 0.717) is 17.9 Å². The molecular formula is C13H13ClF2N2O. The number of para-hydroxylation sites is 2. The zero-order valence-corrected chi connectivity index (χ0v) is 11.1. The molecule has 0 spiro atoms. The summed E-state index contributed by atoms with van der Waals surface area (Å²) in [5, 5.41) is -3.84. The van der Waals surface area contributed by atoms with Crippen LogP contribution in [0.5, 0.6) is 0 Å². The molecule has 1 aromatic heterocycles. The summed E-state index contributed by atoms with van der Waals surface area (Å²) in [6.45, 7) is 2.59. The first kappa shape index (κ1) is 13.9. The Balaban J connectivity index is 2.42. The predicted octanol–water partition coefficient (Wildman–Crippen LogP) is 3.39. The number of alkyl halides is 3. The molecule has 0 saturated carbocycles. The summed E-state index contributed by atoms with van der Waals surface area (Å²) >= 11 is 4.74. The van der Waals surface area contributed by atoms with Crippen molar-refractivity contribution in [2.45, 2.75) is 31.7 Å². The lowest BCUT2D eigenvalue weighted by atomic mass is 10.2. The number of imidazole rings is 1. The van der Waals surface area contributed by atoms with Crippen LogP contribution in [0.2, 0.25) is 0 Å². The molecule has 0 bridgehead atoms. The molecular weight excluding hydrogens is 274 g/mol. The molecule has 0 unspecified atom stereocenters. The molecule has 0 aliphatic carbocycles. The highest BCUT2D eigenvalue weighted by Crippen LogP contribution is 2.23. The second kappa shape index (κ2) is 5.25. The zero-order valence-electron chi connectivity index (χ0n) is 10.4. The van der Waals surface area contributed by atoms with Crippen LogP contribution in [-0.4, -0.2) is 20.7 Å². The van der Waals surface area contributed by atoms with Gasteiger partial charge in [-0.2, -0.15) is 8.78 Å². The van der Waals surface area contributed by atoms with Gasteiger partial charge in [-0.25, -0.2) is 4.98 Å². The largest absolute Gasteiger partial charge is 0.380 e. The molecule has 19 heavy (non-hydrogen) atoms. The highest BCUT2D eigenvalue weighted by molar-refractivity contribution is 6.32. The van der Waals surface area contributed by atoms with Crippen LogP contribution in [0.3, 0.4) is 0 Å². The Kier molecular flexibility index (Phi) is 3.85. The topological polar surface area (TPSA) is 34.9 Å². The van der Waals surface area contributed by atoms with Crippen molar-refractivity contribution in [3.05, 3.63) is 30.1 Å². The fourth-order valence-corrected chi connectivity index (χ4v) is 2.04. The Morgan fingerprint density at radius 3 is 2.74 bits per heavy atom. The van der Waals surface area contributed by atoms with Crippen LogP contribution >= 0.6 is 11.6 Å². The highest BCUT2D eigenvalue weighted by Gasteiger charge is 2.36. The van der Waals surface area contributed by atoms with Crippen LogP contribution in [-0.2, 0) is 17.8 Å². The van der Waals surface area contributed by atoms with Crippen molar-refractivity contribution in [3.63, 3.8) is 0 Å². The van der Waals surface area contributed by atoms with E-state index in [1.807, 2.05) is 25.1 Å². The molecule has 0 aliphatic heterocycles. The number of benzene rings is 1. The number of carbonyl (C=O) groups is 1. The van der Waals surface area contributed by atoms with Gasteiger partial charge in [-0.1, -0.05) is 19.1 Å². The molecule has 0 radical (unpaired) electrons. The van der Waals surface area contributed by atoms with Crippen molar-refractivity contribution in [2.24, 2.45) is 0 Å². The summed E-state index contributed by atoms with van der Waals surface area (Å²) < 4.78 is 27.3. The quantitative estimate of drug-likeness (QED) is 0.790. The van der Waals surface area contributed by atoms with Crippen LogP contribution in [0.1, 0.15) is 19.2 Å². The van der Waals surface area contributed by atoms with Crippen LogP contribution < -0.4 is 0 Å². The molecule has 1 aromatic carbocycles. The average Bonchev–Trinajstić information content (AvgIpc) is 2.67. The molecule has 102 valence electrons. The molecule has 3 nitrogen and oxygen atoms in total. The van der Waals surface area contributed by atoms with Crippen molar-refractivity contribution in [1.29, 1.82) is 0 Å². The maximum atomic E-state index is 12.8. The lowest BCUT2D eigenvalue weighted by molar-refractivity contribution is -0.132. The first-order valence-electron chi connectivity index (χ1n) is 5.97. The third-order valence-corrected chi connectivity index (χ3v) is 3.03. The molecule has 2 rings (SSSR count). The predicted molar refractivity (Wildman–Crippen MR) is 69.5 cm³/mol. The van der Waals surface area contributed by atoms with Crippen LogP contribution in [0.25, 0.3) is 11.0 Å². The SMILES string of the molecule is CCCn1c(CC(=O)C(F)(F)Cl)nc2ccccc21. The number of hydrogen-bond acceptors (Lipinski definition) is 2. The van der Waals surface area contributed by atoms with Crippen LogP contribution in [0.4, 0.5) is 8.78 Å². The fourth-order valence-electron chi connectivity index (χ4n) is 1.98. The lowest BCUT2D eigenvalue weighted by Gasteiger charge is -2.09. The van der Waals surface area contributed by atoms with E-state index in [2.05, 4.69) is 4.98 Å². The number of hydrogen-bond donors (Lipinski definition) is 0. The molecule has 0 amide bonds. The Morgan fingerprint density at radius 1 is 1.42 bits per heavy atom. The standard InChI is InChI=1S/C13H13ClF2N2O/c1-2-7-18-10-6-4-3-5-9(10)17-12(18)8-11(19)13(14,15)16/h3-6H,2,7-8H2,1H3. The van der Waals surface area contributed by atoms with Gasteiger partial charge < -0.3 is 4.57 Å². The number of aromatic nitrogens is 2. The second-order valence-corrected chi connectivity index (χ2v) is 4.74. The minimum atomic E-state index is -3.84. The third-order valence-electron chi connectivity index (χ3n) is 2.82. The summed E-state index contributed by atoms with van der Waals surface area (Å²) in [5.41, 5.74) is 1.53. The summed E-state index contributed by atoms with van der Waals surface area (Å²) in [7, 11) is 0. The number of fused-ring (bicyclic) bond motifs is 1. The summed E-state index contributed by atoms with van der Waals surface area (Å²) in [4.78, 5) is 15.6. The maximum Gasteiger partial charge on any atom is 0.380 e. The van der Waals surface area contributed by atoms with E-state index < -0.39 is 17.6 Å². The molecule has 0 N–H and O–H groups in total. The first-order chi connectivity index (χ1) is 8.93. The van der Waals surface area contributed by atoms with E-state index in [-0.39, 0.29) is 0 Å². The number of aryl methyl sites for hydroxylation is 1. The summed E-state index contributed by atoms with van der Waals surface area (Å²) in [6.07, 6.45) is 0.351. The molecule has 0 saturated heterocycles. The highest BCUT2D eigenvalue weighted by atomic mass is 35.5. The van der Waals surface area contributed by atoms with Crippen molar-refractivity contribution in [2.75, 3.05) is 0 Å². The molecule has 1 heterocycles. The van der Waals surface area contributed by atoms with Crippen molar-refractivity contribution >= 4 is 28.4 Å². The second-order valence-electron chi connectivity index (χ2n) is 4.27. The van der Waals surface area contributed by atoms with Gasteiger partial charge in [0.05, 0.1) is 17.5 Å². The van der Waals surface area contributed by atoms with Gasteiger partial charge in [0.2, 0.25) is 5.78 Å². The van der Waals surface area contributed by atoms with Gasteiger partial charge in [0.25, 0.3) is 0 Å². The average molecular weight is 287 g/mol. The van der Waals surface area contributed by atoms with E-state index in [1.165, 1.54) is 0 Å². The van der Waals surface area contributed by atoms with Gasteiger partial charge in [-0.05, 0) is 30.2 Å². The van der Waals surface area contributed by atoms with E-state index in [4.69, 9.17) is 11.6 Å². The van der Waals surface area contributed by atoms with E-state index in [9.17, 15) is 13.6 Å². The summed E-state index contributed by atoms with van der Waals surface area (Å²) in [6, 6.07) is 7.30. The smallest absolute Gasteiger partial charge is 0.328 e. The molecule has 0 fully saturated rings. The number of ketones is 1. The monoisotopic (exact) mass is 286 g/mol. The lowest BCUT2D eigenvalue weighted by Crippen LogP contribution is -2.25. The molecule has 0 aliphatic rings. The van der Waals surface area contributed by atoms with Gasteiger partial charge in [0.15, 0.2) is 0 Å². The maximum absolute atomic E-state index is 12.8. The summed E-state index contributed by atoms with van der Waals surface area (Å²) in [5.74, 6) is -1.00. The number of carbonyl (C=O) groups excluding carboxylic acids is 1. The number of nitrogens with zero attached hydrogens (tertiary/aromatic N) is 2. The Labute approximate surface area is 114 Å². The Bertz CT molecular complexity index is 604. The van der Waals surface area contributed by atoms with Gasteiger partial charge in [-0.15, -0.1) is 0 Å². The first-order valence-corrected chi connectivity index (χ1v) is 6.35. The zero-order chi connectivity index (χ0) is 14.0. The molecule has 6 heteroatoms. The number of Topliss-reactive ketones (excluding diaryl/α,β-unsaturated/α-hetero) is 1. The van der Waals surface area contributed by atoms with Gasteiger partial charge in [-0.3, -0.25) is 4.79 Å². The van der Waals surface area contributed by atoms with E-state index in [1.54, 1.807) is 10.6 Å². The van der Waals surface area contributed by atoms with Gasteiger partial charge in [0, 0.05) is 6.54 Å². The normalized spacial score (nSPS) is 12.0. The van der Waals surface area contributed by atoms with Crippen molar-refractivity contribution < 1.29 is 13.6 Å². The fraction of sp³-hybridized carbons (Fsp3) is 0.385. The Hall–Kier alpha value is -1.49. The minimum absolute atomic E-state index is 0.327. The van der Waals surface area contributed by atoms with E-state index in [0.717, 1.165) is 11.9 Å². The molecule has 2 aromatic rings. The van der Waals surface area contributed by atoms with Crippen LogP contribution in [0, 0.1) is 0 Å². The van der Waals surface area contributed by atoms with Crippen molar-refractivity contribution in [3.8, 4) is 0 Å². The van der Waals surface area contributed by atoms with Gasteiger partial charge in [0.1, 0.15) is 5.82 Å². The van der Waals surface area contributed by atoms with E-state index >= 15 is 0 Å². The van der Waals surface area contributed by atoms with Crippen molar-refractivity contribution in [1.82, 2.24) is 9.55 Å². The van der Waals surface area contributed by atoms with Crippen LogP contribution in [0.15, 0.2) is 24.3 Å². The number of halogens is 3. The van der Waals surface area contributed by atoms with Gasteiger partial charge >= 0.3 is 5.38 Å². The minimum Gasteiger partial charge on any atom is -0.328 e. The third kappa shape index (κ3) is 2.92. The number of rotatable bonds is 5.